The molecule has 0 saturated carbocycles. The van der Waals surface area contributed by atoms with Gasteiger partial charge in [-0.2, -0.15) is 0 Å². The van der Waals surface area contributed by atoms with Crippen LogP contribution in [0.15, 0.2) is 35.1 Å². The molecule has 5 rings (SSSR count). The van der Waals surface area contributed by atoms with E-state index in [9.17, 15) is 19.8 Å². The van der Waals surface area contributed by atoms with Gasteiger partial charge in [-0.3, -0.25) is 9.36 Å². The number of nitrogens with zero attached hydrogens (tertiary/aromatic N) is 3. The van der Waals surface area contributed by atoms with E-state index in [0.29, 0.717) is 17.0 Å². The number of cyclic esters (lactones) is 1. The van der Waals surface area contributed by atoms with Crippen LogP contribution in [0.1, 0.15) is 41.8 Å². The summed E-state index contributed by atoms with van der Waals surface area (Å²) in [6, 6.07) is 9.38. The second kappa shape index (κ2) is 7.67. The number of ether oxygens (including phenoxy) is 1. The number of aliphatic hydroxyl groups excluding tert-OH is 1. The van der Waals surface area contributed by atoms with Crippen molar-refractivity contribution >= 4 is 29.3 Å². The number of pyridine rings is 2. The highest BCUT2D eigenvalue weighted by Gasteiger charge is 2.46. The topological polar surface area (TPSA) is 105 Å². The maximum Gasteiger partial charge on any atom is 0.343 e. The number of carbonyl (C=O) groups is 1. The Bertz CT molecular complexity index is 1320. The van der Waals surface area contributed by atoms with Gasteiger partial charge in [-0.15, -0.1) is 12.4 Å². The molecule has 0 bridgehead atoms. The Labute approximate surface area is 190 Å². The SMILES string of the molecule is CC[C@@]1(O)C(=O)OCc2c1cc1n(c2=O)[C@@H](O)c2cc3cc(CN(C)C)ccc3nc2-1.Cl. The van der Waals surface area contributed by atoms with Crippen LogP contribution in [0.5, 0.6) is 0 Å². The average molecular weight is 458 g/mol. The maximum atomic E-state index is 13.2. The molecule has 0 amide bonds. The molecule has 168 valence electrons. The first kappa shape index (κ1) is 22.4. The molecule has 0 saturated heterocycles. The summed E-state index contributed by atoms with van der Waals surface area (Å²) in [5, 5.41) is 22.8. The summed E-state index contributed by atoms with van der Waals surface area (Å²) in [5.74, 6) is -0.773. The van der Waals surface area contributed by atoms with Crippen molar-refractivity contribution in [3.8, 4) is 11.4 Å². The lowest BCUT2D eigenvalue weighted by Gasteiger charge is -2.31. The van der Waals surface area contributed by atoms with Gasteiger partial charge in [0.25, 0.3) is 5.56 Å². The molecule has 0 fully saturated rings. The van der Waals surface area contributed by atoms with Gasteiger partial charge in [-0.05, 0) is 50.3 Å². The first-order valence-corrected chi connectivity index (χ1v) is 10.2. The Morgan fingerprint density at radius 1 is 1.25 bits per heavy atom. The van der Waals surface area contributed by atoms with E-state index in [0.717, 1.165) is 23.0 Å². The standard InChI is InChI=1S/C23H23N3O5.ClH/c1-4-23(30)16-9-18-19-14(20(27)26(18)21(28)15(16)11-31-22(23)29)8-13-7-12(10-25(2)3)5-6-17(13)24-19;/h5-9,20,27,30H,4,10-11H2,1-3H3;1H/t20-,23-;/m0./s1. The van der Waals surface area contributed by atoms with Crippen LogP contribution >= 0.6 is 12.4 Å². The van der Waals surface area contributed by atoms with Gasteiger partial charge >= 0.3 is 5.97 Å². The summed E-state index contributed by atoms with van der Waals surface area (Å²) < 4.78 is 6.32. The molecule has 4 heterocycles. The molecular formula is C23H24ClN3O5. The molecule has 8 nitrogen and oxygen atoms in total. The molecule has 9 heteroatoms. The Hall–Kier alpha value is -2.78. The Kier molecular flexibility index (Phi) is 5.37. The van der Waals surface area contributed by atoms with Crippen molar-refractivity contribution in [3.63, 3.8) is 0 Å². The van der Waals surface area contributed by atoms with Crippen LogP contribution < -0.4 is 5.56 Å². The fourth-order valence-electron chi connectivity index (χ4n) is 4.55. The summed E-state index contributed by atoms with van der Waals surface area (Å²) >= 11 is 0. The molecule has 2 aromatic heterocycles. The molecule has 0 radical (unpaired) electrons. The van der Waals surface area contributed by atoms with Gasteiger partial charge in [0.05, 0.1) is 22.5 Å². The van der Waals surface area contributed by atoms with E-state index in [1.165, 1.54) is 4.57 Å². The normalized spacial score (nSPS) is 21.1. The molecule has 2 atom stereocenters. The third kappa shape index (κ3) is 3.06. The van der Waals surface area contributed by atoms with Crippen LogP contribution in [-0.2, 0) is 28.3 Å². The summed E-state index contributed by atoms with van der Waals surface area (Å²) in [5.41, 5.74) is 1.23. The summed E-state index contributed by atoms with van der Waals surface area (Å²) in [4.78, 5) is 32.3. The van der Waals surface area contributed by atoms with E-state index < -0.39 is 23.4 Å². The minimum atomic E-state index is -1.89. The number of hydrogen-bond donors (Lipinski definition) is 2. The van der Waals surface area contributed by atoms with Gasteiger partial charge < -0.3 is 19.8 Å². The zero-order valence-corrected chi connectivity index (χ0v) is 18.8. The lowest BCUT2D eigenvalue weighted by Crippen LogP contribution is -2.44. The van der Waals surface area contributed by atoms with E-state index in [1.54, 1.807) is 13.0 Å². The van der Waals surface area contributed by atoms with Crippen LogP contribution in [0, 0.1) is 0 Å². The monoisotopic (exact) mass is 457 g/mol. The van der Waals surface area contributed by atoms with Crippen LogP contribution in [0.4, 0.5) is 0 Å². The molecule has 3 aromatic rings. The van der Waals surface area contributed by atoms with Crippen molar-refractivity contribution in [2.24, 2.45) is 0 Å². The van der Waals surface area contributed by atoms with Crippen LogP contribution in [0.2, 0.25) is 0 Å². The van der Waals surface area contributed by atoms with Crippen LogP contribution in [0.3, 0.4) is 0 Å². The zero-order chi connectivity index (χ0) is 22.1. The summed E-state index contributed by atoms with van der Waals surface area (Å²) in [7, 11) is 3.98. The Morgan fingerprint density at radius 2 is 2.00 bits per heavy atom. The van der Waals surface area contributed by atoms with Gasteiger partial charge in [-0.1, -0.05) is 13.0 Å². The number of hydrogen-bond acceptors (Lipinski definition) is 7. The maximum absolute atomic E-state index is 13.2. The highest BCUT2D eigenvalue weighted by atomic mass is 35.5. The number of fused-ring (bicyclic) bond motifs is 5. The third-order valence-electron chi connectivity index (χ3n) is 6.16. The van der Waals surface area contributed by atoms with Gasteiger partial charge in [0.15, 0.2) is 11.8 Å². The molecule has 32 heavy (non-hydrogen) atoms. The van der Waals surface area contributed by atoms with E-state index in [-0.39, 0.29) is 36.6 Å². The molecule has 0 spiro atoms. The third-order valence-corrected chi connectivity index (χ3v) is 6.16. The highest BCUT2D eigenvalue weighted by Crippen LogP contribution is 2.41. The summed E-state index contributed by atoms with van der Waals surface area (Å²) in [6.07, 6.45) is -1.14. The van der Waals surface area contributed by atoms with Crippen LogP contribution in [0.25, 0.3) is 22.3 Å². The zero-order valence-electron chi connectivity index (χ0n) is 18.0. The smallest absolute Gasteiger partial charge is 0.343 e. The van der Waals surface area contributed by atoms with Crippen molar-refractivity contribution in [3.05, 3.63) is 62.9 Å². The van der Waals surface area contributed by atoms with E-state index in [2.05, 4.69) is 4.90 Å². The van der Waals surface area contributed by atoms with E-state index in [1.807, 2.05) is 38.4 Å². The van der Waals surface area contributed by atoms with Crippen molar-refractivity contribution in [2.45, 2.75) is 38.3 Å². The fraction of sp³-hybridized carbons (Fsp3) is 0.348. The largest absolute Gasteiger partial charge is 0.458 e. The molecule has 2 N–H and O–H groups in total. The predicted molar refractivity (Wildman–Crippen MR) is 120 cm³/mol. The molecular weight excluding hydrogens is 434 g/mol. The fourth-order valence-corrected chi connectivity index (χ4v) is 4.55. The highest BCUT2D eigenvalue weighted by molar-refractivity contribution is 5.87. The second-order valence-corrected chi connectivity index (χ2v) is 8.45. The van der Waals surface area contributed by atoms with Crippen molar-refractivity contribution in [2.75, 3.05) is 14.1 Å². The van der Waals surface area contributed by atoms with Gasteiger partial charge in [0.1, 0.15) is 6.61 Å². The van der Waals surface area contributed by atoms with Crippen molar-refractivity contribution < 1.29 is 19.7 Å². The van der Waals surface area contributed by atoms with Gasteiger partial charge in [-0.25, -0.2) is 9.78 Å². The number of carbonyl (C=O) groups excluding carboxylic acids is 1. The number of esters is 1. The molecule has 2 aliphatic heterocycles. The Balaban J connectivity index is 0.00000245. The predicted octanol–water partition coefficient (Wildman–Crippen LogP) is 2.05. The number of aromatic nitrogens is 2. The number of halogens is 1. The number of benzene rings is 1. The van der Waals surface area contributed by atoms with Gasteiger partial charge in [0.2, 0.25) is 0 Å². The van der Waals surface area contributed by atoms with Crippen molar-refractivity contribution in [1.29, 1.82) is 0 Å². The molecule has 0 aliphatic carbocycles. The first-order chi connectivity index (χ1) is 14.7. The quantitative estimate of drug-likeness (QED) is 0.580. The van der Waals surface area contributed by atoms with Crippen LogP contribution in [-0.4, -0.2) is 44.7 Å². The Morgan fingerprint density at radius 3 is 2.69 bits per heavy atom. The van der Waals surface area contributed by atoms with Gasteiger partial charge in [0, 0.05) is 23.1 Å². The lowest BCUT2D eigenvalue weighted by atomic mass is 9.86. The van der Waals surface area contributed by atoms with Crippen molar-refractivity contribution in [1.82, 2.24) is 14.5 Å². The first-order valence-electron chi connectivity index (χ1n) is 10.2. The summed E-state index contributed by atoms with van der Waals surface area (Å²) in [6.45, 7) is 2.19. The average Bonchev–Trinajstić information content (AvgIpc) is 3.01. The minimum absolute atomic E-state index is 0. The van der Waals surface area contributed by atoms with E-state index in [4.69, 9.17) is 9.72 Å². The number of aliphatic hydroxyl groups is 2. The van der Waals surface area contributed by atoms with E-state index >= 15 is 0 Å². The minimum Gasteiger partial charge on any atom is -0.458 e. The molecule has 1 aromatic carbocycles. The number of rotatable bonds is 3. The second-order valence-electron chi connectivity index (χ2n) is 8.45. The molecule has 0 unspecified atom stereocenters. The molecule has 2 aliphatic rings. The lowest BCUT2D eigenvalue weighted by molar-refractivity contribution is -0.172.